The van der Waals surface area contributed by atoms with Crippen LogP contribution in [0.25, 0.3) is 0 Å². The van der Waals surface area contributed by atoms with Gasteiger partial charge in [-0.3, -0.25) is 4.79 Å². The molecule has 1 saturated heterocycles. The molecule has 1 aromatic heterocycles. The van der Waals surface area contributed by atoms with Gasteiger partial charge in [0.2, 0.25) is 5.88 Å². The monoisotopic (exact) mass is 251 g/mol. The summed E-state index contributed by atoms with van der Waals surface area (Å²) in [6.45, 7) is 4.79. The highest BCUT2D eigenvalue weighted by molar-refractivity contribution is 5.08. The van der Waals surface area contributed by atoms with E-state index in [4.69, 9.17) is 4.74 Å². The fraction of sp³-hybridized carbons (Fsp3) is 0.692. The van der Waals surface area contributed by atoms with E-state index in [1.54, 1.807) is 0 Å². The van der Waals surface area contributed by atoms with Crippen LogP contribution < -0.4 is 15.6 Å². The van der Waals surface area contributed by atoms with Gasteiger partial charge < -0.3 is 15.0 Å². The number of H-pyrrole nitrogens is 1. The van der Waals surface area contributed by atoms with Gasteiger partial charge in [0.25, 0.3) is 5.56 Å². The summed E-state index contributed by atoms with van der Waals surface area (Å²) in [6.07, 6.45) is 4.23. The Bertz CT molecular complexity index is 424. The van der Waals surface area contributed by atoms with Gasteiger partial charge in [0, 0.05) is 6.42 Å². The Morgan fingerprint density at radius 3 is 3.17 bits per heavy atom. The van der Waals surface area contributed by atoms with Crippen LogP contribution in [0.15, 0.2) is 10.9 Å². The number of aromatic nitrogens is 2. The van der Waals surface area contributed by atoms with Crippen LogP contribution in [-0.2, 0) is 6.42 Å². The first-order chi connectivity index (χ1) is 8.78. The largest absolute Gasteiger partial charge is 0.477 e. The highest BCUT2D eigenvalue weighted by atomic mass is 16.5. The summed E-state index contributed by atoms with van der Waals surface area (Å²) in [7, 11) is 0. The lowest BCUT2D eigenvalue weighted by Crippen LogP contribution is -2.30. The third-order valence-electron chi connectivity index (χ3n) is 3.28. The number of rotatable bonds is 5. The third kappa shape index (κ3) is 3.84. The molecule has 5 nitrogen and oxygen atoms in total. The van der Waals surface area contributed by atoms with Crippen molar-refractivity contribution in [1.82, 2.24) is 15.3 Å². The van der Waals surface area contributed by atoms with E-state index in [2.05, 4.69) is 15.3 Å². The number of piperidine rings is 1. The van der Waals surface area contributed by atoms with Crippen LogP contribution in [0.4, 0.5) is 0 Å². The fourth-order valence-corrected chi connectivity index (χ4v) is 2.23. The lowest BCUT2D eigenvalue weighted by Gasteiger charge is -2.22. The summed E-state index contributed by atoms with van der Waals surface area (Å²) in [5.41, 5.74) is -0.142. The quantitative estimate of drug-likeness (QED) is 0.822. The van der Waals surface area contributed by atoms with Crippen molar-refractivity contribution in [2.45, 2.75) is 32.6 Å². The number of aromatic amines is 1. The number of aryl methyl sites for hydroxylation is 1. The Morgan fingerprint density at radius 1 is 1.56 bits per heavy atom. The van der Waals surface area contributed by atoms with Crippen molar-refractivity contribution in [2.24, 2.45) is 5.92 Å². The second-order valence-electron chi connectivity index (χ2n) is 4.73. The zero-order chi connectivity index (χ0) is 12.8. The van der Waals surface area contributed by atoms with E-state index < -0.39 is 0 Å². The molecule has 0 bridgehead atoms. The van der Waals surface area contributed by atoms with E-state index in [1.807, 2.05) is 6.92 Å². The Labute approximate surface area is 107 Å². The predicted octanol–water partition coefficient (Wildman–Crippen LogP) is 1.10. The van der Waals surface area contributed by atoms with Gasteiger partial charge in [-0.1, -0.05) is 6.92 Å². The topological polar surface area (TPSA) is 67.0 Å². The molecule has 2 N–H and O–H groups in total. The molecular weight excluding hydrogens is 230 g/mol. The first-order valence-corrected chi connectivity index (χ1v) is 6.71. The molecule has 18 heavy (non-hydrogen) atoms. The zero-order valence-electron chi connectivity index (χ0n) is 10.9. The van der Waals surface area contributed by atoms with Crippen molar-refractivity contribution in [1.29, 1.82) is 0 Å². The van der Waals surface area contributed by atoms with Gasteiger partial charge >= 0.3 is 0 Å². The molecule has 0 saturated carbocycles. The average Bonchev–Trinajstić information content (AvgIpc) is 2.39. The maximum Gasteiger partial charge on any atom is 0.254 e. The lowest BCUT2D eigenvalue weighted by atomic mass is 9.97. The van der Waals surface area contributed by atoms with Crippen molar-refractivity contribution in [2.75, 3.05) is 19.7 Å². The van der Waals surface area contributed by atoms with E-state index >= 15 is 0 Å². The second-order valence-corrected chi connectivity index (χ2v) is 4.73. The molecule has 0 aromatic carbocycles. The minimum Gasteiger partial charge on any atom is -0.477 e. The van der Waals surface area contributed by atoms with Gasteiger partial charge in [-0.15, -0.1) is 0 Å². The van der Waals surface area contributed by atoms with Crippen LogP contribution in [-0.4, -0.2) is 29.7 Å². The maximum absolute atomic E-state index is 11.3. The Balaban J connectivity index is 1.82. The fourth-order valence-electron chi connectivity index (χ4n) is 2.23. The summed E-state index contributed by atoms with van der Waals surface area (Å²) in [4.78, 5) is 18.3. The summed E-state index contributed by atoms with van der Waals surface area (Å²) in [5, 5.41) is 3.38. The Morgan fingerprint density at radius 2 is 2.44 bits per heavy atom. The average molecular weight is 251 g/mol. The number of hydrogen-bond acceptors (Lipinski definition) is 4. The highest BCUT2D eigenvalue weighted by Crippen LogP contribution is 2.14. The van der Waals surface area contributed by atoms with Crippen molar-refractivity contribution >= 4 is 0 Å². The van der Waals surface area contributed by atoms with Gasteiger partial charge in [0.15, 0.2) is 0 Å². The van der Waals surface area contributed by atoms with Crippen molar-refractivity contribution < 1.29 is 4.74 Å². The van der Waals surface area contributed by atoms with Crippen LogP contribution in [0.1, 0.15) is 32.0 Å². The highest BCUT2D eigenvalue weighted by Gasteiger charge is 2.12. The van der Waals surface area contributed by atoms with E-state index in [9.17, 15) is 4.79 Å². The molecule has 1 aliphatic rings. The predicted molar refractivity (Wildman–Crippen MR) is 69.9 cm³/mol. The Hall–Kier alpha value is -1.36. The van der Waals surface area contributed by atoms with Gasteiger partial charge in [0.1, 0.15) is 5.82 Å². The number of nitrogens with zero attached hydrogens (tertiary/aromatic N) is 1. The van der Waals surface area contributed by atoms with Gasteiger partial charge in [-0.05, 0) is 38.3 Å². The SMILES string of the molecule is CCc1nc(OCCC2CCCNC2)cc(=O)[nH]1. The van der Waals surface area contributed by atoms with Gasteiger partial charge in [-0.25, -0.2) is 4.98 Å². The first-order valence-electron chi connectivity index (χ1n) is 6.71. The molecule has 1 unspecified atom stereocenters. The minimum atomic E-state index is -0.142. The molecule has 2 rings (SSSR count). The van der Waals surface area contributed by atoms with E-state index in [0.29, 0.717) is 30.7 Å². The molecule has 5 heteroatoms. The normalized spacial score (nSPS) is 19.7. The third-order valence-corrected chi connectivity index (χ3v) is 3.28. The minimum absolute atomic E-state index is 0.142. The molecule has 100 valence electrons. The Kier molecular flexibility index (Phi) is 4.75. The molecule has 0 spiro atoms. The lowest BCUT2D eigenvalue weighted by molar-refractivity contribution is 0.246. The summed E-state index contributed by atoms with van der Waals surface area (Å²) in [5.74, 6) is 1.81. The first kappa shape index (κ1) is 13.1. The van der Waals surface area contributed by atoms with Crippen LogP contribution in [0.5, 0.6) is 5.88 Å². The maximum atomic E-state index is 11.3. The number of ether oxygens (including phenoxy) is 1. The van der Waals surface area contributed by atoms with E-state index in [-0.39, 0.29) is 5.56 Å². The number of hydrogen-bond donors (Lipinski definition) is 2. The standard InChI is InChI=1S/C13H21N3O2/c1-2-11-15-12(17)8-13(16-11)18-7-5-10-4-3-6-14-9-10/h8,10,14H,2-7,9H2,1H3,(H,15,16,17). The summed E-state index contributed by atoms with van der Waals surface area (Å²) < 4.78 is 5.57. The van der Waals surface area contributed by atoms with Crippen LogP contribution in [0.2, 0.25) is 0 Å². The van der Waals surface area contributed by atoms with Crippen molar-refractivity contribution in [3.05, 3.63) is 22.2 Å². The zero-order valence-corrected chi connectivity index (χ0v) is 10.9. The van der Waals surface area contributed by atoms with Crippen LogP contribution >= 0.6 is 0 Å². The molecule has 1 fully saturated rings. The van der Waals surface area contributed by atoms with Crippen LogP contribution in [0.3, 0.4) is 0 Å². The molecule has 1 atom stereocenters. The molecule has 0 amide bonds. The van der Waals surface area contributed by atoms with Crippen molar-refractivity contribution in [3.63, 3.8) is 0 Å². The molecule has 1 aromatic rings. The molecule has 2 heterocycles. The van der Waals surface area contributed by atoms with E-state index in [1.165, 1.54) is 18.9 Å². The molecule has 0 aliphatic carbocycles. The molecular formula is C13H21N3O2. The summed E-state index contributed by atoms with van der Waals surface area (Å²) >= 11 is 0. The molecule has 0 radical (unpaired) electrons. The van der Waals surface area contributed by atoms with E-state index in [0.717, 1.165) is 19.5 Å². The van der Waals surface area contributed by atoms with Crippen LogP contribution in [0, 0.1) is 5.92 Å². The van der Waals surface area contributed by atoms with Gasteiger partial charge in [-0.2, -0.15) is 0 Å². The molecule has 1 aliphatic heterocycles. The smallest absolute Gasteiger partial charge is 0.254 e. The van der Waals surface area contributed by atoms with Crippen molar-refractivity contribution in [3.8, 4) is 5.88 Å². The number of nitrogens with one attached hydrogen (secondary N) is 2. The van der Waals surface area contributed by atoms with Gasteiger partial charge in [0.05, 0.1) is 12.7 Å². The second kappa shape index (κ2) is 6.54. The summed E-state index contributed by atoms with van der Waals surface area (Å²) in [6, 6.07) is 1.41.